The first-order valence-electron chi connectivity index (χ1n) is 9.51. The number of methoxy groups -OCH3 is 1. The Morgan fingerprint density at radius 3 is 2.48 bits per heavy atom. The minimum atomic E-state index is -0.437. The Morgan fingerprint density at radius 1 is 1.16 bits per heavy atom. The number of hydrogen-bond acceptors (Lipinski definition) is 3. The zero-order chi connectivity index (χ0) is 22.5. The number of rotatable bonds is 6. The quantitative estimate of drug-likeness (QED) is 0.388. The van der Waals surface area contributed by atoms with Crippen LogP contribution in [0.5, 0.6) is 5.75 Å². The van der Waals surface area contributed by atoms with E-state index >= 15 is 0 Å². The fraction of sp³-hybridized carbons (Fsp3) is 0.167. The summed E-state index contributed by atoms with van der Waals surface area (Å²) in [5, 5.41) is 13.4. The van der Waals surface area contributed by atoms with Gasteiger partial charge < -0.3 is 14.6 Å². The fourth-order valence-corrected chi connectivity index (χ4v) is 3.79. The van der Waals surface area contributed by atoms with Gasteiger partial charge >= 0.3 is 0 Å². The van der Waals surface area contributed by atoms with Crippen molar-refractivity contribution in [3.8, 4) is 17.5 Å². The predicted molar refractivity (Wildman–Crippen MR) is 124 cm³/mol. The molecule has 0 unspecified atom stereocenters. The SMILES string of the molecule is COc1ccc(CNC(=O)/C(C#N)=C\c2cc(C)n(-c3ccc(Cl)cc3Cl)c2C)cc1. The summed E-state index contributed by atoms with van der Waals surface area (Å²) in [6, 6.07) is 16.6. The van der Waals surface area contributed by atoms with Crippen LogP contribution < -0.4 is 10.1 Å². The van der Waals surface area contributed by atoms with E-state index in [1.165, 1.54) is 0 Å². The molecule has 1 aromatic heterocycles. The van der Waals surface area contributed by atoms with Gasteiger partial charge in [-0.15, -0.1) is 0 Å². The lowest BCUT2D eigenvalue weighted by Gasteiger charge is -2.12. The van der Waals surface area contributed by atoms with Gasteiger partial charge in [-0.1, -0.05) is 35.3 Å². The number of amides is 1. The molecule has 0 saturated heterocycles. The van der Waals surface area contributed by atoms with Gasteiger partial charge in [-0.2, -0.15) is 5.26 Å². The van der Waals surface area contributed by atoms with Crippen LogP contribution in [0.3, 0.4) is 0 Å². The average Bonchev–Trinajstić information content (AvgIpc) is 3.03. The predicted octanol–water partition coefficient (Wildman–Crippen LogP) is 5.63. The van der Waals surface area contributed by atoms with Crippen LogP contribution in [-0.4, -0.2) is 17.6 Å². The van der Waals surface area contributed by atoms with Crippen LogP contribution in [0.2, 0.25) is 10.0 Å². The lowest BCUT2D eigenvalue weighted by molar-refractivity contribution is -0.117. The van der Waals surface area contributed by atoms with Gasteiger partial charge in [-0.3, -0.25) is 4.79 Å². The zero-order valence-corrected chi connectivity index (χ0v) is 18.9. The number of nitrogens with one attached hydrogen (secondary N) is 1. The standard InChI is InChI=1S/C24H21Cl2N3O2/c1-15-10-18(16(2)29(15)23-9-6-20(25)12-22(23)26)11-19(13-27)24(30)28-14-17-4-7-21(31-3)8-5-17/h4-12H,14H2,1-3H3,(H,28,30)/b19-11-. The van der Waals surface area contributed by atoms with E-state index in [-0.39, 0.29) is 5.57 Å². The molecule has 0 spiro atoms. The number of aryl methyl sites for hydroxylation is 1. The molecule has 1 heterocycles. The highest BCUT2D eigenvalue weighted by molar-refractivity contribution is 6.35. The van der Waals surface area contributed by atoms with Gasteiger partial charge in [0.05, 0.1) is 17.8 Å². The molecule has 158 valence electrons. The van der Waals surface area contributed by atoms with E-state index in [4.69, 9.17) is 27.9 Å². The van der Waals surface area contributed by atoms with Crippen LogP contribution in [0.4, 0.5) is 0 Å². The minimum Gasteiger partial charge on any atom is -0.497 e. The van der Waals surface area contributed by atoms with Crippen LogP contribution in [0.1, 0.15) is 22.5 Å². The second-order valence-electron chi connectivity index (χ2n) is 6.96. The van der Waals surface area contributed by atoms with Gasteiger partial charge in [0.2, 0.25) is 0 Å². The highest BCUT2D eigenvalue weighted by Gasteiger charge is 2.15. The van der Waals surface area contributed by atoms with Crippen molar-refractivity contribution in [2.24, 2.45) is 0 Å². The topological polar surface area (TPSA) is 67.0 Å². The molecule has 0 fully saturated rings. The summed E-state index contributed by atoms with van der Waals surface area (Å²) >= 11 is 12.4. The summed E-state index contributed by atoms with van der Waals surface area (Å²) in [5.41, 5.74) is 4.25. The van der Waals surface area contributed by atoms with Crippen molar-refractivity contribution in [2.75, 3.05) is 7.11 Å². The van der Waals surface area contributed by atoms with Crippen LogP contribution in [-0.2, 0) is 11.3 Å². The molecule has 7 heteroatoms. The summed E-state index contributed by atoms with van der Waals surface area (Å²) < 4.78 is 7.10. The third kappa shape index (κ3) is 5.11. The zero-order valence-electron chi connectivity index (χ0n) is 17.4. The Balaban J connectivity index is 1.83. The maximum atomic E-state index is 12.6. The summed E-state index contributed by atoms with van der Waals surface area (Å²) in [4.78, 5) is 12.6. The second-order valence-corrected chi connectivity index (χ2v) is 7.80. The first kappa shape index (κ1) is 22.5. The molecule has 2 aromatic carbocycles. The van der Waals surface area contributed by atoms with E-state index in [1.807, 2.05) is 60.9 Å². The molecule has 1 amide bonds. The number of nitriles is 1. The van der Waals surface area contributed by atoms with Crippen molar-refractivity contribution < 1.29 is 9.53 Å². The molecular weight excluding hydrogens is 433 g/mol. The summed E-state index contributed by atoms with van der Waals surface area (Å²) in [7, 11) is 1.60. The van der Waals surface area contributed by atoms with Gasteiger partial charge in [-0.05, 0) is 67.4 Å². The molecule has 0 aliphatic heterocycles. The molecule has 31 heavy (non-hydrogen) atoms. The number of aromatic nitrogens is 1. The molecule has 0 bridgehead atoms. The number of carbonyl (C=O) groups is 1. The van der Waals surface area contributed by atoms with Crippen molar-refractivity contribution in [3.05, 3.63) is 86.7 Å². The molecule has 0 saturated carbocycles. The van der Waals surface area contributed by atoms with E-state index < -0.39 is 5.91 Å². The van der Waals surface area contributed by atoms with Crippen molar-refractivity contribution in [2.45, 2.75) is 20.4 Å². The Morgan fingerprint density at radius 2 is 1.87 bits per heavy atom. The number of hydrogen-bond donors (Lipinski definition) is 1. The number of carbonyl (C=O) groups excluding carboxylic acids is 1. The molecular formula is C24H21Cl2N3O2. The van der Waals surface area contributed by atoms with Gasteiger partial charge in [0.25, 0.3) is 5.91 Å². The van der Waals surface area contributed by atoms with Gasteiger partial charge in [0.15, 0.2) is 0 Å². The monoisotopic (exact) mass is 453 g/mol. The summed E-state index contributed by atoms with van der Waals surface area (Å²) in [6.07, 6.45) is 1.59. The summed E-state index contributed by atoms with van der Waals surface area (Å²) in [5.74, 6) is 0.302. The average molecular weight is 454 g/mol. The molecule has 5 nitrogen and oxygen atoms in total. The molecule has 1 N–H and O–H groups in total. The third-order valence-electron chi connectivity index (χ3n) is 4.90. The number of nitrogens with zero attached hydrogens (tertiary/aromatic N) is 2. The number of halogens is 2. The van der Waals surface area contributed by atoms with Crippen LogP contribution in [0, 0.1) is 25.2 Å². The van der Waals surface area contributed by atoms with E-state index in [0.717, 1.165) is 34.0 Å². The van der Waals surface area contributed by atoms with E-state index in [0.29, 0.717) is 16.6 Å². The normalized spacial score (nSPS) is 11.2. The largest absolute Gasteiger partial charge is 0.497 e. The molecule has 0 aliphatic carbocycles. The fourth-order valence-electron chi connectivity index (χ4n) is 3.29. The van der Waals surface area contributed by atoms with Crippen molar-refractivity contribution in [3.63, 3.8) is 0 Å². The first-order valence-corrected chi connectivity index (χ1v) is 10.3. The maximum Gasteiger partial charge on any atom is 0.262 e. The lowest BCUT2D eigenvalue weighted by Crippen LogP contribution is -2.23. The molecule has 0 atom stereocenters. The lowest BCUT2D eigenvalue weighted by atomic mass is 10.1. The minimum absolute atomic E-state index is 0.0240. The van der Waals surface area contributed by atoms with Crippen LogP contribution >= 0.6 is 23.2 Å². The van der Waals surface area contributed by atoms with E-state index in [1.54, 1.807) is 25.3 Å². The van der Waals surface area contributed by atoms with Crippen LogP contribution in [0.25, 0.3) is 11.8 Å². The van der Waals surface area contributed by atoms with Crippen molar-refractivity contribution >= 4 is 35.2 Å². The maximum absolute atomic E-state index is 12.6. The number of benzene rings is 2. The Bertz CT molecular complexity index is 1190. The highest BCUT2D eigenvalue weighted by atomic mass is 35.5. The highest BCUT2D eigenvalue weighted by Crippen LogP contribution is 2.29. The van der Waals surface area contributed by atoms with Gasteiger partial charge in [0.1, 0.15) is 17.4 Å². The van der Waals surface area contributed by atoms with Gasteiger partial charge in [-0.25, -0.2) is 0 Å². The summed E-state index contributed by atoms with van der Waals surface area (Å²) in [6.45, 7) is 4.15. The van der Waals surface area contributed by atoms with Crippen molar-refractivity contribution in [1.29, 1.82) is 5.26 Å². The molecule has 0 aliphatic rings. The Kier molecular flexibility index (Phi) is 7.06. The smallest absolute Gasteiger partial charge is 0.262 e. The Hall–Kier alpha value is -3.20. The van der Waals surface area contributed by atoms with Gasteiger partial charge in [0, 0.05) is 23.0 Å². The van der Waals surface area contributed by atoms with E-state index in [9.17, 15) is 10.1 Å². The van der Waals surface area contributed by atoms with Crippen molar-refractivity contribution in [1.82, 2.24) is 9.88 Å². The first-order chi connectivity index (χ1) is 14.8. The second kappa shape index (κ2) is 9.74. The third-order valence-corrected chi connectivity index (χ3v) is 5.44. The Labute approximate surface area is 191 Å². The molecule has 3 rings (SSSR count). The number of ether oxygens (including phenoxy) is 1. The van der Waals surface area contributed by atoms with Crippen LogP contribution in [0.15, 0.2) is 54.1 Å². The van der Waals surface area contributed by atoms with E-state index in [2.05, 4.69) is 5.32 Å². The molecule has 0 radical (unpaired) electrons. The molecule has 3 aromatic rings.